The van der Waals surface area contributed by atoms with E-state index >= 15 is 0 Å². The van der Waals surface area contributed by atoms with Crippen molar-refractivity contribution in [3.8, 4) is 11.1 Å². The molecule has 2 rings (SSSR count). The molecule has 82 valence electrons. The Morgan fingerprint density at radius 1 is 1.19 bits per heavy atom. The van der Waals surface area contributed by atoms with Gasteiger partial charge >= 0.3 is 0 Å². The summed E-state index contributed by atoms with van der Waals surface area (Å²) in [7, 11) is 0. The molecule has 0 atom stereocenters. The van der Waals surface area contributed by atoms with Crippen molar-refractivity contribution in [2.45, 2.75) is 6.54 Å². The molecule has 0 radical (unpaired) electrons. The Morgan fingerprint density at radius 3 is 2.62 bits per heavy atom. The predicted octanol–water partition coefficient (Wildman–Crippen LogP) is 3.00. The summed E-state index contributed by atoms with van der Waals surface area (Å²) in [5.41, 5.74) is 7.90. The molecule has 0 bridgehead atoms. The first-order valence-electron chi connectivity index (χ1n) is 4.80. The highest BCUT2D eigenvalue weighted by Gasteiger charge is 2.03. The Labute approximate surface area is 97.9 Å². The van der Waals surface area contributed by atoms with Crippen LogP contribution >= 0.6 is 11.6 Å². The smallest absolute Gasteiger partial charge is 0.142 e. The molecule has 0 saturated carbocycles. The maximum Gasteiger partial charge on any atom is 0.142 e. The topological polar surface area (TPSA) is 38.9 Å². The molecule has 2 nitrogen and oxygen atoms in total. The van der Waals surface area contributed by atoms with Crippen molar-refractivity contribution in [2.75, 3.05) is 0 Å². The molecule has 4 heteroatoms. The van der Waals surface area contributed by atoms with Gasteiger partial charge in [0.15, 0.2) is 0 Å². The Morgan fingerprint density at radius 2 is 2.00 bits per heavy atom. The van der Waals surface area contributed by atoms with Gasteiger partial charge in [0.25, 0.3) is 0 Å². The number of halogens is 2. The van der Waals surface area contributed by atoms with E-state index in [0.29, 0.717) is 17.1 Å². The monoisotopic (exact) mass is 236 g/mol. The maximum atomic E-state index is 13.0. The zero-order valence-electron chi connectivity index (χ0n) is 8.45. The minimum absolute atomic E-state index is 0.364. The van der Waals surface area contributed by atoms with Gasteiger partial charge in [-0.3, -0.25) is 4.98 Å². The summed E-state index contributed by atoms with van der Waals surface area (Å²) in [4.78, 5) is 3.79. The molecule has 1 aromatic heterocycles. The first-order chi connectivity index (χ1) is 7.70. The van der Waals surface area contributed by atoms with Gasteiger partial charge in [-0.25, -0.2) is 4.39 Å². The van der Waals surface area contributed by atoms with Gasteiger partial charge in [0.1, 0.15) is 5.82 Å². The van der Waals surface area contributed by atoms with Crippen LogP contribution in [0.2, 0.25) is 5.02 Å². The molecular weight excluding hydrogens is 227 g/mol. The molecule has 2 aromatic rings. The molecule has 0 aliphatic carbocycles. The lowest BCUT2D eigenvalue weighted by Crippen LogP contribution is -1.97. The second-order valence-corrected chi connectivity index (χ2v) is 3.81. The van der Waals surface area contributed by atoms with Crippen LogP contribution in [0.3, 0.4) is 0 Å². The molecule has 1 heterocycles. The van der Waals surface area contributed by atoms with Gasteiger partial charge in [-0.1, -0.05) is 23.7 Å². The number of benzene rings is 1. The number of rotatable bonds is 2. The van der Waals surface area contributed by atoms with E-state index < -0.39 is 0 Å². The van der Waals surface area contributed by atoms with Gasteiger partial charge in [-0.15, -0.1) is 0 Å². The summed E-state index contributed by atoms with van der Waals surface area (Å²) < 4.78 is 13.0. The highest BCUT2D eigenvalue weighted by Crippen LogP contribution is 2.25. The summed E-state index contributed by atoms with van der Waals surface area (Å²) >= 11 is 6.03. The molecule has 1 aromatic carbocycles. The Balaban J connectivity index is 2.45. The standard InChI is InChI=1S/C12H10ClFN2/c13-12-4-8(1-2-9(12)5-15)10-3-11(14)7-16-6-10/h1-4,6-7H,5,15H2. The van der Waals surface area contributed by atoms with E-state index in [0.717, 1.165) is 11.1 Å². The average Bonchev–Trinajstić information content (AvgIpc) is 2.29. The number of aromatic nitrogens is 1. The van der Waals surface area contributed by atoms with E-state index in [4.69, 9.17) is 17.3 Å². The SMILES string of the molecule is NCc1ccc(-c2cncc(F)c2)cc1Cl. The fourth-order valence-corrected chi connectivity index (χ4v) is 1.72. The van der Waals surface area contributed by atoms with Gasteiger partial charge in [0.05, 0.1) is 6.20 Å². The maximum absolute atomic E-state index is 13.0. The molecule has 0 amide bonds. The Bertz CT molecular complexity index is 514. The fraction of sp³-hybridized carbons (Fsp3) is 0.0833. The number of nitrogens with two attached hydrogens (primary N) is 1. The van der Waals surface area contributed by atoms with Crippen molar-refractivity contribution in [1.29, 1.82) is 0 Å². The number of hydrogen-bond donors (Lipinski definition) is 1. The summed E-state index contributed by atoms with van der Waals surface area (Å²) in [6, 6.07) is 6.87. The zero-order valence-corrected chi connectivity index (χ0v) is 9.21. The number of hydrogen-bond acceptors (Lipinski definition) is 2. The van der Waals surface area contributed by atoms with E-state index in [-0.39, 0.29) is 5.82 Å². The van der Waals surface area contributed by atoms with Crippen LogP contribution < -0.4 is 5.73 Å². The first kappa shape index (κ1) is 11.0. The fourth-order valence-electron chi connectivity index (χ4n) is 1.46. The molecule has 0 spiro atoms. The molecule has 0 fully saturated rings. The summed E-state index contributed by atoms with van der Waals surface area (Å²) in [5.74, 6) is -0.364. The number of nitrogens with zero attached hydrogens (tertiary/aromatic N) is 1. The van der Waals surface area contributed by atoms with Crippen molar-refractivity contribution < 1.29 is 4.39 Å². The van der Waals surface area contributed by atoms with E-state index in [1.54, 1.807) is 12.3 Å². The molecular formula is C12H10ClFN2. The molecule has 16 heavy (non-hydrogen) atoms. The Kier molecular flexibility index (Phi) is 3.17. The van der Waals surface area contributed by atoms with Crippen LogP contribution in [0.15, 0.2) is 36.7 Å². The van der Waals surface area contributed by atoms with Gasteiger partial charge in [-0.2, -0.15) is 0 Å². The van der Waals surface area contributed by atoms with Crippen LogP contribution in [0, 0.1) is 5.82 Å². The third-order valence-electron chi connectivity index (χ3n) is 2.31. The second-order valence-electron chi connectivity index (χ2n) is 3.40. The summed E-state index contributed by atoms with van der Waals surface area (Å²) in [5, 5.41) is 0.587. The zero-order chi connectivity index (χ0) is 11.5. The highest BCUT2D eigenvalue weighted by molar-refractivity contribution is 6.31. The van der Waals surface area contributed by atoms with Crippen LogP contribution in [0.25, 0.3) is 11.1 Å². The Hall–Kier alpha value is -1.45. The molecule has 0 aliphatic heterocycles. The van der Waals surface area contributed by atoms with E-state index in [1.807, 2.05) is 12.1 Å². The summed E-state index contributed by atoms with van der Waals surface area (Å²) in [6.07, 6.45) is 2.76. The van der Waals surface area contributed by atoms with Crippen molar-refractivity contribution in [1.82, 2.24) is 4.98 Å². The van der Waals surface area contributed by atoms with Crippen molar-refractivity contribution >= 4 is 11.6 Å². The second kappa shape index (κ2) is 4.60. The van der Waals surface area contributed by atoms with Crippen LogP contribution in [0.1, 0.15) is 5.56 Å². The molecule has 0 unspecified atom stereocenters. The van der Waals surface area contributed by atoms with Gasteiger partial charge in [-0.05, 0) is 23.3 Å². The van der Waals surface area contributed by atoms with E-state index in [1.165, 1.54) is 12.3 Å². The van der Waals surface area contributed by atoms with Crippen LogP contribution in [-0.2, 0) is 6.54 Å². The largest absolute Gasteiger partial charge is 0.326 e. The molecule has 0 aliphatic rings. The highest BCUT2D eigenvalue weighted by atomic mass is 35.5. The minimum atomic E-state index is -0.364. The average molecular weight is 237 g/mol. The van der Waals surface area contributed by atoms with Crippen molar-refractivity contribution in [3.63, 3.8) is 0 Å². The predicted molar refractivity (Wildman–Crippen MR) is 62.5 cm³/mol. The summed E-state index contributed by atoms with van der Waals surface area (Å²) in [6.45, 7) is 0.389. The lowest BCUT2D eigenvalue weighted by Gasteiger charge is -2.05. The van der Waals surface area contributed by atoms with Crippen LogP contribution in [0.4, 0.5) is 4.39 Å². The lowest BCUT2D eigenvalue weighted by molar-refractivity contribution is 0.622. The van der Waals surface area contributed by atoms with Crippen molar-refractivity contribution in [2.24, 2.45) is 5.73 Å². The third-order valence-corrected chi connectivity index (χ3v) is 2.66. The normalized spacial score (nSPS) is 10.4. The van der Waals surface area contributed by atoms with Gasteiger partial charge in [0.2, 0.25) is 0 Å². The van der Waals surface area contributed by atoms with Gasteiger partial charge in [0, 0.05) is 23.3 Å². The molecule has 2 N–H and O–H groups in total. The van der Waals surface area contributed by atoms with Gasteiger partial charge < -0.3 is 5.73 Å². The quantitative estimate of drug-likeness (QED) is 0.871. The molecule has 0 saturated heterocycles. The van der Waals surface area contributed by atoms with Crippen LogP contribution in [0.5, 0.6) is 0 Å². The van der Waals surface area contributed by atoms with Crippen molar-refractivity contribution in [3.05, 3.63) is 53.1 Å². The first-order valence-corrected chi connectivity index (χ1v) is 5.18. The third kappa shape index (κ3) is 2.21. The van der Waals surface area contributed by atoms with E-state index in [2.05, 4.69) is 4.98 Å². The van der Waals surface area contributed by atoms with Crippen LogP contribution in [-0.4, -0.2) is 4.98 Å². The minimum Gasteiger partial charge on any atom is -0.326 e. The van der Waals surface area contributed by atoms with E-state index in [9.17, 15) is 4.39 Å². The lowest BCUT2D eigenvalue weighted by atomic mass is 10.1. The number of pyridine rings is 1.